The van der Waals surface area contributed by atoms with E-state index in [0.717, 1.165) is 29.0 Å². The van der Waals surface area contributed by atoms with Gasteiger partial charge in [-0.3, -0.25) is 14.2 Å². The molecule has 0 aliphatic carbocycles. The van der Waals surface area contributed by atoms with E-state index < -0.39 is 0 Å². The summed E-state index contributed by atoms with van der Waals surface area (Å²) in [6.07, 6.45) is 5.28. The van der Waals surface area contributed by atoms with Crippen molar-refractivity contribution in [2.24, 2.45) is 5.92 Å². The van der Waals surface area contributed by atoms with Crippen LogP contribution in [0.15, 0.2) is 82.6 Å². The normalized spacial score (nSPS) is 15.8. The summed E-state index contributed by atoms with van der Waals surface area (Å²) in [4.78, 5) is 38.9. The van der Waals surface area contributed by atoms with Crippen molar-refractivity contribution >= 4 is 40.3 Å². The predicted octanol–water partition coefficient (Wildman–Crippen LogP) is 4.42. The summed E-state index contributed by atoms with van der Waals surface area (Å²) in [6.45, 7) is 1.55. The molecule has 3 heterocycles. The Morgan fingerprint density at radius 3 is 2.80 bits per heavy atom. The number of piperidine rings is 1. The van der Waals surface area contributed by atoms with Gasteiger partial charge in [-0.25, -0.2) is 9.97 Å². The minimum absolute atomic E-state index is 0.0278. The summed E-state index contributed by atoms with van der Waals surface area (Å²) < 4.78 is 1.69. The number of carbonyl (C=O) groups is 1. The molecule has 7 nitrogen and oxygen atoms in total. The zero-order chi connectivity index (χ0) is 24.2. The third-order valence-electron chi connectivity index (χ3n) is 6.30. The van der Waals surface area contributed by atoms with E-state index in [-0.39, 0.29) is 17.4 Å². The van der Waals surface area contributed by atoms with Crippen LogP contribution in [0.2, 0.25) is 0 Å². The quantitative estimate of drug-likeness (QED) is 0.408. The highest BCUT2D eigenvalue weighted by Gasteiger charge is 2.29. The fourth-order valence-corrected chi connectivity index (χ4v) is 4.97. The SMILES string of the molecule is CSc1cccc(NC(=O)[C@@H]2CCCN(c3nc4cccnc4n(Cc4ccccc4)c3=O)C2)c1. The van der Waals surface area contributed by atoms with Crippen LogP contribution in [0.5, 0.6) is 0 Å². The van der Waals surface area contributed by atoms with Gasteiger partial charge in [-0.05, 0) is 55.0 Å². The first-order valence-electron chi connectivity index (χ1n) is 11.7. The molecule has 0 saturated carbocycles. The molecule has 0 bridgehead atoms. The van der Waals surface area contributed by atoms with Crippen molar-refractivity contribution in [1.29, 1.82) is 0 Å². The number of anilines is 2. The summed E-state index contributed by atoms with van der Waals surface area (Å²) in [6, 6.07) is 21.4. The van der Waals surface area contributed by atoms with Gasteiger partial charge < -0.3 is 10.2 Å². The maximum atomic E-state index is 13.6. The Morgan fingerprint density at radius 1 is 1.11 bits per heavy atom. The monoisotopic (exact) mass is 485 g/mol. The molecule has 8 heteroatoms. The number of carbonyl (C=O) groups excluding carboxylic acids is 1. The van der Waals surface area contributed by atoms with Crippen molar-refractivity contribution in [3.63, 3.8) is 0 Å². The number of fused-ring (bicyclic) bond motifs is 1. The van der Waals surface area contributed by atoms with E-state index in [1.165, 1.54) is 0 Å². The molecular formula is C27H27N5O2S. The van der Waals surface area contributed by atoms with Crippen LogP contribution < -0.4 is 15.8 Å². The first-order valence-corrected chi connectivity index (χ1v) is 12.9. The standard InChI is InChI=1S/C27H27N5O2S/c1-35-22-12-5-11-21(16-22)29-26(33)20-10-7-15-31(18-20)25-27(34)32(17-19-8-3-2-4-9-19)24-23(30-25)13-6-14-28-24/h2-6,8-9,11-14,16,20H,7,10,15,17-18H2,1H3,(H,29,33)/t20-/m1/s1. The van der Waals surface area contributed by atoms with E-state index in [1.54, 1.807) is 22.5 Å². The molecule has 1 aliphatic heterocycles. The van der Waals surface area contributed by atoms with Crippen LogP contribution in [0.1, 0.15) is 18.4 Å². The lowest BCUT2D eigenvalue weighted by atomic mass is 9.97. The van der Waals surface area contributed by atoms with Crippen molar-refractivity contribution in [3.8, 4) is 0 Å². The summed E-state index contributed by atoms with van der Waals surface area (Å²) in [5.41, 5.74) is 2.85. The Bertz CT molecular complexity index is 1410. The van der Waals surface area contributed by atoms with E-state index >= 15 is 0 Å². The second-order valence-corrected chi connectivity index (χ2v) is 9.54. The van der Waals surface area contributed by atoms with Crippen LogP contribution in [-0.4, -0.2) is 39.8 Å². The van der Waals surface area contributed by atoms with Crippen LogP contribution in [0.25, 0.3) is 11.2 Å². The number of amides is 1. The average Bonchev–Trinajstić information content (AvgIpc) is 2.91. The van der Waals surface area contributed by atoms with Crippen LogP contribution in [0.3, 0.4) is 0 Å². The summed E-state index contributed by atoms with van der Waals surface area (Å²) in [5.74, 6) is 0.124. The van der Waals surface area contributed by atoms with Crippen molar-refractivity contribution in [2.75, 3.05) is 29.6 Å². The first-order chi connectivity index (χ1) is 17.1. The second kappa shape index (κ2) is 10.3. The number of hydrogen-bond acceptors (Lipinski definition) is 6. The Kier molecular flexibility index (Phi) is 6.81. The largest absolute Gasteiger partial charge is 0.351 e. The molecule has 0 radical (unpaired) electrons. The zero-order valence-electron chi connectivity index (χ0n) is 19.6. The van der Waals surface area contributed by atoms with Crippen molar-refractivity contribution < 1.29 is 4.79 Å². The molecule has 1 aliphatic rings. The molecule has 0 spiro atoms. The molecule has 4 aromatic rings. The maximum absolute atomic E-state index is 13.6. The van der Waals surface area contributed by atoms with Gasteiger partial charge >= 0.3 is 0 Å². The van der Waals surface area contributed by atoms with E-state index in [4.69, 9.17) is 4.98 Å². The Hall–Kier alpha value is -3.65. The number of aromatic nitrogens is 3. The number of pyridine rings is 1. The molecular weight excluding hydrogens is 458 g/mol. The Morgan fingerprint density at radius 2 is 1.97 bits per heavy atom. The second-order valence-electron chi connectivity index (χ2n) is 8.66. The molecule has 1 atom stereocenters. The molecule has 2 aromatic heterocycles. The van der Waals surface area contributed by atoms with Gasteiger partial charge in [0.2, 0.25) is 5.91 Å². The van der Waals surface area contributed by atoms with Crippen LogP contribution >= 0.6 is 11.8 Å². The van der Waals surface area contributed by atoms with E-state index in [0.29, 0.717) is 36.6 Å². The number of hydrogen-bond donors (Lipinski definition) is 1. The van der Waals surface area contributed by atoms with Gasteiger partial charge in [-0.15, -0.1) is 11.8 Å². The predicted molar refractivity (Wildman–Crippen MR) is 141 cm³/mol. The smallest absolute Gasteiger partial charge is 0.295 e. The summed E-state index contributed by atoms with van der Waals surface area (Å²) >= 11 is 1.64. The molecule has 0 unspecified atom stereocenters. The lowest BCUT2D eigenvalue weighted by Gasteiger charge is -2.32. The van der Waals surface area contributed by atoms with Gasteiger partial charge in [0, 0.05) is 29.9 Å². The maximum Gasteiger partial charge on any atom is 0.295 e. The van der Waals surface area contributed by atoms with E-state index in [2.05, 4.69) is 10.3 Å². The van der Waals surface area contributed by atoms with Gasteiger partial charge in [0.05, 0.1) is 12.5 Å². The Labute approximate surface area is 208 Å². The Balaban J connectivity index is 1.43. The number of rotatable bonds is 6. The van der Waals surface area contributed by atoms with Crippen molar-refractivity contribution in [2.45, 2.75) is 24.3 Å². The molecule has 1 amide bonds. The van der Waals surface area contributed by atoms with Gasteiger partial charge in [-0.2, -0.15) is 0 Å². The number of nitrogens with zero attached hydrogens (tertiary/aromatic N) is 4. The van der Waals surface area contributed by atoms with E-state index in [1.807, 2.05) is 77.9 Å². The fraction of sp³-hybridized carbons (Fsp3) is 0.259. The minimum atomic E-state index is -0.227. The van der Waals surface area contributed by atoms with Gasteiger partial charge in [-0.1, -0.05) is 36.4 Å². The molecule has 5 rings (SSSR count). The zero-order valence-corrected chi connectivity index (χ0v) is 20.4. The van der Waals surface area contributed by atoms with Gasteiger partial charge in [0.15, 0.2) is 11.5 Å². The first kappa shape index (κ1) is 23.1. The average molecular weight is 486 g/mol. The summed E-state index contributed by atoms with van der Waals surface area (Å²) in [5, 5.41) is 3.05. The topological polar surface area (TPSA) is 80.1 Å². The molecule has 1 N–H and O–H groups in total. The highest BCUT2D eigenvalue weighted by molar-refractivity contribution is 7.98. The van der Waals surface area contributed by atoms with Gasteiger partial charge in [0.1, 0.15) is 5.52 Å². The summed E-state index contributed by atoms with van der Waals surface area (Å²) in [7, 11) is 0. The molecule has 178 valence electrons. The lowest BCUT2D eigenvalue weighted by Crippen LogP contribution is -2.44. The molecule has 2 aromatic carbocycles. The lowest BCUT2D eigenvalue weighted by molar-refractivity contribution is -0.120. The third kappa shape index (κ3) is 5.07. The molecule has 1 saturated heterocycles. The number of thioether (sulfide) groups is 1. The van der Waals surface area contributed by atoms with Crippen LogP contribution in [0, 0.1) is 5.92 Å². The van der Waals surface area contributed by atoms with Crippen LogP contribution in [0.4, 0.5) is 11.5 Å². The van der Waals surface area contributed by atoms with Gasteiger partial charge in [0.25, 0.3) is 5.56 Å². The number of nitrogens with one attached hydrogen (secondary N) is 1. The highest BCUT2D eigenvalue weighted by Crippen LogP contribution is 2.24. The number of benzene rings is 2. The van der Waals surface area contributed by atoms with E-state index in [9.17, 15) is 9.59 Å². The third-order valence-corrected chi connectivity index (χ3v) is 7.02. The van der Waals surface area contributed by atoms with Crippen molar-refractivity contribution in [1.82, 2.24) is 14.5 Å². The fourth-order valence-electron chi connectivity index (χ4n) is 4.51. The van der Waals surface area contributed by atoms with Crippen LogP contribution in [-0.2, 0) is 11.3 Å². The van der Waals surface area contributed by atoms with Crippen molar-refractivity contribution in [3.05, 3.63) is 88.8 Å². The molecule has 35 heavy (non-hydrogen) atoms. The minimum Gasteiger partial charge on any atom is -0.351 e. The highest BCUT2D eigenvalue weighted by atomic mass is 32.2. The molecule has 1 fully saturated rings.